The fourth-order valence-electron chi connectivity index (χ4n) is 2.23. The maximum atomic E-state index is 4.37. The maximum absolute atomic E-state index is 4.37. The molecule has 2 atom stereocenters. The molecule has 0 radical (unpaired) electrons. The molecule has 4 heteroatoms. The van der Waals surface area contributed by atoms with Crippen molar-refractivity contribution in [3.63, 3.8) is 0 Å². The van der Waals surface area contributed by atoms with Gasteiger partial charge < -0.3 is 5.32 Å². The molecule has 0 fully saturated rings. The molecule has 0 aliphatic rings. The van der Waals surface area contributed by atoms with Crippen LogP contribution in [0.3, 0.4) is 0 Å². The summed E-state index contributed by atoms with van der Waals surface area (Å²) in [4.78, 5) is 4.37. The molecule has 2 nitrogen and oxygen atoms in total. The highest BCUT2D eigenvalue weighted by atomic mass is 32.2. The van der Waals surface area contributed by atoms with Crippen molar-refractivity contribution in [1.82, 2.24) is 10.3 Å². The van der Waals surface area contributed by atoms with Crippen molar-refractivity contribution in [1.29, 1.82) is 0 Å². The molecule has 108 valence electrons. The van der Waals surface area contributed by atoms with Crippen LogP contribution in [-0.4, -0.2) is 16.8 Å². The van der Waals surface area contributed by atoms with Gasteiger partial charge in [-0.3, -0.25) is 0 Å². The first kappa shape index (κ1) is 15.5. The minimum atomic E-state index is 0.361. The number of thiazole rings is 1. The Hall–Kier alpha value is -0.840. The topological polar surface area (TPSA) is 24.9 Å². The Labute approximate surface area is 130 Å². The van der Waals surface area contributed by atoms with E-state index in [0.29, 0.717) is 11.3 Å². The highest BCUT2D eigenvalue weighted by Gasteiger charge is 2.20. The molecule has 1 heterocycles. The average molecular weight is 306 g/mol. The van der Waals surface area contributed by atoms with Crippen LogP contribution in [0.5, 0.6) is 0 Å². The third kappa shape index (κ3) is 4.08. The summed E-state index contributed by atoms with van der Waals surface area (Å²) in [6, 6.07) is 9.34. The lowest BCUT2D eigenvalue weighted by molar-refractivity contribution is 0.548. The Morgan fingerprint density at radius 1 is 1.25 bits per heavy atom. The van der Waals surface area contributed by atoms with E-state index in [1.165, 1.54) is 11.1 Å². The first-order valence-electron chi connectivity index (χ1n) is 7.13. The van der Waals surface area contributed by atoms with Gasteiger partial charge in [-0.1, -0.05) is 56.8 Å². The number of rotatable bonds is 7. The van der Waals surface area contributed by atoms with Gasteiger partial charge in [-0.05, 0) is 24.1 Å². The summed E-state index contributed by atoms with van der Waals surface area (Å²) < 4.78 is 1.14. The average Bonchev–Trinajstić information content (AvgIpc) is 2.97. The van der Waals surface area contributed by atoms with E-state index in [0.717, 1.165) is 17.3 Å². The number of nitrogens with one attached hydrogen (secondary N) is 1. The minimum absolute atomic E-state index is 0.361. The van der Waals surface area contributed by atoms with Crippen molar-refractivity contribution in [3.8, 4) is 0 Å². The van der Waals surface area contributed by atoms with Crippen LogP contribution in [0.15, 0.2) is 40.2 Å². The van der Waals surface area contributed by atoms with Crippen LogP contribution in [0.1, 0.15) is 37.9 Å². The summed E-state index contributed by atoms with van der Waals surface area (Å²) in [5, 5.41) is 6.09. The van der Waals surface area contributed by atoms with Gasteiger partial charge in [-0.15, -0.1) is 11.3 Å². The smallest absolute Gasteiger partial charge is 0.150 e. The molecular weight excluding hydrogens is 284 g/mol. The zero-order valence-electron chi connectivity index (χ0n) is 12.3. The molecule has 0 amide bonds. The fraction of sp³-hybridized carbons (Fsp3) is 0.438. The van der Waals surface area contributed by atoms with E-state index in [-0.39, 0.29) is 0 Å². The fourth-order valence-corrected chi connectivity index (χ4v) is 4.26. The molecule has 0 saturated carbocycles. The molecule has 0 spiro atoms. The first-order chi connectivity index (χ1) is 9.74. The summed E-state index contributed by atoms with van der Waals surface area (Å²) in [6.45, 7) is 7.60. The van der Waals surface area contributed by atoms with Gasteiger partial charge in [0.25, 0.3) is 0 Å². The molecule has 1 aromatic heterocycles. The number of benzene rings is 1. The van der Waals surface area contributed by atoms with Gasteiger partial charge in [-0.25, -0.2) is 4.98 Å². The third-order valence-corrected chi connectivity index (χ3v) is 5.43. The molecule has 1 aromatic carbocycles. The Kier molecular flexibility index (Phi) is 6.07. The standard InChI is InChI=1S/C16H22N2S2/c1-4-13-6-8-14(9-7-13)15(17-5-2)12(3)20-16-18-10-11-19-16/h6-12,15,17H,4-5H2,1-3H3. The van der Waals surface area contributed by atoms with Crippen molar-refractivity contribution < 1.29 is 0 Å². The molecule has 2 rings (SSSR count). The van der Waals surface area contributed by atoms with Gasteiger partial charge in [0.1, 0.15) is 4.34 Å². The number of nitrogens with zero attached hydrogens (tertiary/aromatic N) is 1. The van der Waals surface area contributed by atoms with Crippen LogP contribution in [0, 0.1) is 0 Å². The second kappa shape index (κ2) is 7.81. The Morgan fingerprint density at radius 2 is 2.00 bits per heavy atom. The third-order valence-electron chi connectivity index (χ3n) is 3.34. The van der Waals surface area contributed by atoms with Crippen LogP contribution in [0.4, 0.5) is 0 Å². The highest BCUT2D eigenvalue weighted by Crippen LogP contribution is 2.33. The molecular formula is C16H22N2S2. The number of aryl methyl sites for hydroxylation is 1. The second-order valence-corrected chi connectivity index (χ2v) is 7.27. The Morgan fingerprint density at radius 3 is 2.55 bits per heavy atom. The van der Waals surface area contributed by atoms with E-state index < -0.39 is 0 Å². The summed E-state index contributed by atoms with van der Waals surface area (Å²) in [7, 11) is 0. The highest BCUT2D eigenvalue weighted by molar-refractivity contribution is 8.01. The van der Waals surface area contributed by atoms with E-state index in [2.05, 4.69) is 55.3 Å². The van der Waals surface area contributed by atoms with Crippen molar-refractivity contribution in [2.75, 3.05) is 6.54 Å². The van der Waals surface area contributed by atoms with Gasteiger partial charge in [0.2, 0.25) is 0 Å². The monoisotopic (exact) mass is 306 g/mol. The summed E-state index contributed by atoms with van der Waals surface area (Å²) >= 11 is 3.56. The first-order valence-corrected chi connectivity index (χ1v) is 8.88. The van der Waals surface area contributed by atoms with Crippen LogP contribution >= 0.6 is 23.1 Å². The van der Waals surface area contributed by atoms with Crippen molar-refractivity contribution in [3.05, 3.63) is 47.0 Å². The normalized spacial score (nSPS) is 14.2. The molecule has 0 bridgehead atoms. The summed E-state index contributed by atoms with van der Waals surface area (Å²) in [6.07, 6.45) is 2.97. The quantitative estimate of drug-likeness (QED) is 0.760. The van der Waals surface area contributed by atoms with E-state index >= 15 is 0 Å². The summed E-state index contributed by atoms with van der Waals surface area (Å²) in [5.74, 6) is 0. The molecule has 0 saturated heterocycles. The van der Waals surface area contributed by atoms with E-state index in [1.54, 1.807) is 11.3 Å². The predicted molar refractivity (Wildman–Crippen MR) is 89.7 cm³/mol. The molecule has 2 unspecified atom stereocenters. The van der Waals surface area contributed by atoms with Gasteiger partial charge in [0, 0.05) is 22.9 Å². The SMILES string of the molecule is CCNC(c1ccc(CC)cc1)C(C)Sc1nccs1. The van der Waals surface area contributed by atoms with Crippen LogP contribution in [0.25, 0.3) is 0 Å². The van der Waals surface area contributed by atoms with Gasteiger partial charge in [0.05, 0.1) is 0 Å². The minimum Gasteiger partial charge on any atom is -0.309 e. The lowest BCUT2D eigenvalue weighted by Crippen LogP contribution is -2.28. The van der Waals surface area contributed by atoms with Crippen LogP contribution in [0.2, 0.25) is 0 Å². The largest absolute Gasteiger partial charge is 0.309 e. The molecule has 0 aliphatic heterocycles. The summed E-state index contributed by atoms with van der Waals surface area (Å²) in [5.41, 5.74) is 2.75. The van der Waals surface area contributed by atoms with Crippen LogP contribution < -0.4 is 5.32 Å². The second-order valence-electron chi connectivity index (χ2n) is 4.75. The molecule has 0 aliphatic carbocycles. The zero-order chi connectivity index (χ0) is 14.4. The molecule has 2 aromatic rings. The number of thioether (sulfide) groups is 1. The van der Waals surface area contributed by atoms with Gasteiger partial charge in [-0.2, -0.15) is 0 Å². The van der Waals surface area contributed by atoms with Crippen LogP contribution in [-0.2, 0) is 6.42 Å². The van der Waals surface area contributed by atoms with Gasteiger partial charge in [0.15, 0.2) is 0 Å². The number of aromatic nitrogens is 1. The molecule has 1 N–H and O–H groups in total. The lowest BCUT2D eigenvalue weighted by atomic mass is 10.0. The van der Waals surface area contributed by atoms with E-state index in [9.17, 15) is 0 Å². The number of hydrogen-bond donors (Lipinski definition) is 1. The van der Waals surface area contributed by atoms with Gasteiger partial charge >= 0.3 is 0 Å². The van der Waals surface area contributed by atoms with E-state index in [1.807, 2.05) is 23.3 Å². The number of hydrogen-bond acceptors (Lipinski definition) is 4. The Bertz CT molecular complexity index is 494. The van der Waals surface area contributed by atoms with Crippen molar-refractivity contribution >= 4 is 23.1 Å². The Balaban J connectivity index is 2.11. The van der Waals surface area contributed by atoms with E-state index in [4.69, 9.17) is 0 Å². The van der Waals surface area contributed by atoms with Crippen molar-refractivity contribution in [2.45, 2.75) is 42.8 Å². The zero-order valence-corrected chi connectivity index (χ0v) is 13.9. The lowest BCUT2D eigenvalue weighted by Gasteiger charge is -2.24. The van der Waals surface area contributed by atoms with Crippen molar-refractivity contribution in [2.24, 2.45) is 0 Å². The maximum Gasteiger partial charge on any atom is 0.150 e. The predicted octanol–water partition coefficient (Wildman–Crippen LogP) is 4.54. The molecule has 20 heavy (non-hydrogen) atoms.